The molecule has 2 atom stereocenters. The molecule has 0 bridgehead atoms. The van der Waals surface area contributed by atoms with Crippen LogP contribution in [0, 0.1) is 5.92 Å². The van der Waals surface area contributed by atoms with E-state index in [4.69, 9.17) is 0 Å². The molecule has 11 heavy (non-hydrogen) atoms. The second-order valence-corrected chi connectivity index (χ2v) is 6.77. The Hall–Kier alpha value is 0.390. The van der Waals surface area contributed by atoms with Crippen LogP contribution >= 0.6 is 15.9 Å². The van der Waals surface area contributed by atoms with Crippen LogP contribution in [0.3, 0.4) is 0 Å². The van der Waals surface area contributed by atoms with E-state index in [0.717, 1.165) is 19.1 Å². The maximum Gasteiger partial charge on any atom is 0.162 e. The first-order valence-electron chi connectivity index (χ1n) is 3.44. The fraction of sp³-hybridized carbons (Fsp3) is 1.00. The zero-order valence-corrected chi connectivity index (χ0v) is 8.60. The minimum Gasteiger partial charge on any atom is -0.391 e. The van der Waals surface area contributed by atoms with E-state index in [9.17, 15) is 13.5 Å². The van der Waals surface area contributed by atoms with Crippen LogP contribution in [0.5, 0.6) is 0 Å². The van der Waals surface area contributed by atoms with Gasteiger partial charge in [-0.25, -0.2) is 8.42 Å². The molecular formula is C6H11BrO3S. The molecule has 0 aromatic rings. The van der Waals surface area contributed by atoms with Crippen LogP contribution in [-0.4, -0.2) is 30.0 Å². The molecule has 0 amide bonds. The Bertz CT molecular complexity index is 232. The average molecular weight is 243 g/mol. The molecule has 0 saturated heterocycles. The molecule has 66 valence electrons. The Morgan fingerprint density at radius 2 is 2.00 bits per heavy atom. The van der Waals surface area contributed by atoms with Crippen molar-refractivity contribution in [1.82, 2.24) is 0 Å². The Morgan fingerprint density at radius 3 is 2.27 bits per heavy atom. The van der Waals surface area contributed by atoms with Gasteiger partial charge in [0.2, 0.25) is 0 Å². The molecule has 0 spiro atoms. The van der Waals surface area contributed by atoms with E-state index in [1.165, 1.54) is 0 Å². The molecule has 5 heteroatoms. The average Bonchev–Trinajstić information content (AvgIpc) is 2.63. The van der Waals surface area contributed by atoms with E-state index in [1.807, 2.05) is 0 Å². The molecule has 1 saturated carbocycles. The fourth-order valence-electron chi connectivity index (χ4n) is 0.905. The lowest BCUT2D eigenvalue weighted by Crippen LogP contribution is -2.29. The summed E-state index contributed by atoms with van der Waals surface area (Å²) in [7, 11) is -3.14. The Kier molecular flexibility index (Phi) is 2.61. The molecule has 1 aliphatic carbocycles. The van der Waals surface area contributed by atoms with E-state index < -0.39 is 20.1 Å². The van der Waals surface area contributed by atoms with Crippen LogP contribution < -0.4 is 0 Å². The first-order chi connectivity index (χ1) is 4.93. The summed E-state index contributed by atoms with van der Waals surface area (Å²) in [4.78, 5) is 0. The number of rotatable bonds is 3. The maximum atomic E-state index is 10.9. The molecule has 0 radical (unpaired) electrons. The third kappa shape index (κ3) is 2.42. The predicted molar refractivity (Wildman–Crippen MR) is 46.3 cm³/mol. The van der Waals surface area contributed by atoms with Crippen molar-refractivity contribution in [2.75, 3.05) is 6.26 Å². The first-order valence-corrected chi connectivity index (χ1v) is 6.31. The van der Waals surface area contributed by atoms with Crippen LogP contribution in [0.4, 0.5) is 0 Å². The number of halogens is 1. The lowest BCUT2D eigenvalue weighted by molar-refractivity contribution is 0.167. The van der Waals surface area contributed by atoms with Gasteiger partial charge in [-0.15, -0.1) is 0 Å². The fourth-order valence-corrected chi connectivity index (χ4v) is 2.07. The summed E-state index contributed by atoms with van der Waals surface area (Å²) in [6.45, 7) is 0. The summed E-state index contributed by atoms with van der Waals surface area (Å²) in [5.74, 6) is 0.189. The molecule has 0 aromatic carbocycles. The van der Waals surface area contributed by atoms with Crippen molar-refractivity contribution in [2.45, 2.75) is 23.1 Å². The van der Waals surface area contributed by atoms with Crippen molar-refractivity contribution < 1.29 is 13.5 Å². The molecule has 1 fully saturated rings. The van der Waals surface area contributed by atoms with Crippen molar-refractivity contribution >= 4 is 25.8 Å². The number of hydrogen-bond acceptors (Lipinski definition) is 3. The summed E-state index contributed by atoms with van der Waals surface area (Å²) in [6, 6.07) is 0. The van der Waals surface area contributed by atoms with E-state index in [0.29, 0.717) is 0 Å². The highest BCUT2D eigenvalue weighted by Gasteiger charge is 2.38. The minimum atomic E-state index is -3.14. The van der Waals surface area contributed by atoms with Gasteiger partial charge in [-0.1, -0.05) is 15.9 Å². The molecule has 1 rings (SSSR count). The number of sulfone groups is 1. The van der Waals surface area contributed by atoms with Gasteiger partial charge in [0.15, 0.2) is 9.84 Å². The highest BCUT2D eigenvalue weighted by molar-refractivity contribution is 9.11. The van der Waals surface area contributed by atoms with Crippen molar-refractivity contribution in [3.8, 4) is 0 Å². The van der Waals surface area contributed by atoms with Gasteiger partial charge in [0.05, 0.1) is 6.10 Å². The number of aliphatic hydroxyl groups excluding tert-OH is 1. The predicted octanol–water partition coefficient (Wildman–Crippen LogP) is 0.523. The van der Waals surface area contributed by atoms with E-state index >= 15 is 0 Å². The summed E-state index contributed by atoms with van der Waals surface area (Å²) < 4.78 is 21.0. The zero-order valence-electron chi connectivity index (χ0n) is 6.20. The SMILES string of the molecule is CS(=O)(=O)[C@@H](Br)[C@@H](O)C1CC1. The highest BCUT2D eigenvalue weighted by Crippen LogP contribution is 2.36. The Balaban J connectivity index is 2.59. The van der Waals surface area contributed by atoms with Crippen LogP contribution in [0.1, 0.15) is 12.8 Å². The number of aliphatic hydroxyl groups is 1. The van der Waals surface area contributed by atoms with Gasteiger partial charge < -0.3 is 5.11 Å². The van der Waals surface area contributed by atoms with Gasteiger partial charge in [0.25, 0.3) is 0 Å². The molecule has 0 aliphatic heterocycles. The molecule has 0 heterocycles. The van der Waals surface area contributed by atoms with Crippen molar-refractivity contribution in [2.24, 2.45) is 5.92 Å². The van der Waals surface area contributed by atoms with Crippen molar-refractivity contribution in [3.05, 3.63) is 0 Å². The molecule has 1 aliphatic rings. The lowest BCUT2D eigenvalue weighted by atomic mass is 10.3. The van der Waals surface area contributed by atoms with Gasteiger partial charge in [-0.05, 0) is 18.8 Å². The lowest BCUT2D eigenvalue weighted by Gasteiger charge is -2.13. The van der Waals surface area contributed by atoms with E-state index in [-0.39, 0.29) is 5.92 Å². The second-order valence-electron chi connectivity index (χ2n) is 3.01. The quantitative estimate of drug-likeness (QED) is 0.735. The van der Waals surface area contributed by atoms with Crippen LogP contribution in [0.2, 0.25) is 0 Å². The maximum absolute atomic E-state index is 10.9. The summed E-state index contributed by atoms with van der Waals surface area (Å²) >= 11 is 2.97. The summed E-state index contributed by atoms with van der Waals surface area (Å²) in [5.41, 5.74) is 0. The highest BCUT2D eigenvalue weighted by atomic mass is 79.9. The van der Waals surface area contributed by atoms with Gasteiger partial charge in [-0.2, -0.15) is 0 Å². The van der Waals surface area contributed by atoms with Crippen molar-refractivity contribution in [3.63, 3.8) is 0 Å². The zero-order chi connectivity index (χ0) is 8.65. The third-order valence-corrected chi connectivity index (χ3v) is 5.46. The van der Waals surface area contributed by atoms with E-state index in [1.54, 1.807) is 0 Å². The number of hydrogen-bond donors (Lipinski definition) is 1. The summed E-state index contributed by atoms with van der Waals surface area (Å²) in [5, 5.41) is 9.37. The van der Waals surface area contributed by atoms with Gasteiger partial charge in [0.1, 0.15) is 4.16 Å². The van der Waals surface area contributed by atoms with Gasteiger partial charge in [0, 0.05) is 6.26 Å². The Morgan fingerprint density at radius 1 is 1.55 bits per heavy atom. The van der Waals surface area contributed by atoms with Crippen LogP contribution in [0.25, 0.3) is 0 Å². The first kappa shape index (κ1) is 9.48. The normalized spacial score (nSPS) is 24.6. The van der Waals surface area contributed by atoms with Crippen LogP contribution in [0.15, 0.2) is 0 Å². The minimum absolute atomic E-state index is 0.189. The molecule has 0 unspecified atom stereocenters. The molecular weight excluding hydrogens is 232 g/mol. The monoisotopic (exact) mass is 242 g/mol. The second kappa shape index (κ2) is 3.03. The summed E-state index contributed by atoms with van der Waals surface area (Å²) in [6.07, 6.45) is 2.28. The third-order valence-electron chi connectivity index (χ3n) is 1.78. The van der Waals surface area contributed by atoms with Gasteiger partial charge in [-0.3, -0.25) is 0 Å². The van der Waals surface area contributed by atoms with Crippen molar-refractivity contribution in [1.29, 1.82) is 0 Å². The topological polar surface area (TPSA) is 54.4 Å². The Labute approximate surface area is 74.8 Å². The smallest absolute Gasteiger partial charge is 0.162 e. The standard InChI is InChI=1S/C6H11BrO3S/c1-11(9,10)6(7)5(8)4-2-3-4/h4-6,8H,2-3H2,1H3/t5-,6+/m0/s1. The molecule has 1 N–H and O–H groups in total. The molecule has 3 nitrogen and oxygen atoms in total. The largest absolute Gasteiger partial charge is 0.391 e. The molecule has 0 aromatic heterocycles. The van der Waals surface area contributed by atoms with Crippen LogP contribution in [-0.2, 0) is 9.84 Å². The van der Waals surface area contributed by atoms with E-state index in [2.05, 4.69) is 15.9 Å². The van der Waals surface area contributed by atoms with Gasteiger partial charge >= 0.3 is 0 Å². The number of alkyl halides is 1.